The van der Waals surface area contributed by atoms with Crippen LogP contribution < -0.4 is 10.6 Å². The Labute approximate surface area is 201 Å². The van der Waals surface area contributed by atoms with E-state index < -0.39 is 0 Å². The Kier molecular flexibility index (Phi) is 10.3. The van der Waals surface area contributed by atoms with Crippen molar-refractivity contribution >= 4 is 58.5 Å². The van der Waals surface area contributed by atoms with Gasteiger partial charge in [0, 0.05) is 36.5 Å². The summed E-state index contributed by atoms with van der Waals surface area (Å²) in [5, 5.41) is 7.44. The van der Waals surface area contributed by atoms with Crippen LogP contribution in [-0.2, 0) is 18.1 Å². The first-order valence-electron chi connectivity index (χ1n) is 9.89. The number of halogens is 1. The van der Waals surface area contributed by atoms with Crippen LogP contribution in [0.15, 0.2) is 34.9 Å². The summed E-state index contributed by atoms with van der Waals surface area (Å²) in [5.41, 5.74) is 0.924. The zero-order chi connectivity index (χ0) is 21.9. The van der Waals surface area contributed by atoms with Crippen LogP contribution in [0.4, 0.5) is 11.6 Å². The lowest BCUT2D eigenvalue weighted by molar-refractivity contribution is 0.344. The van der Waals surface area contributed by atoms with Gasteiger partial charge in [-0.25, -0.2) is 0 Å². The van der Waals surface area contributed by atoms with Crippen LogP contribution in [0, 0.1) is 0 Å². The number of aromatic nitrogens is 3. The Bertz CT molecular complexity index is 920. The zero-order valence-electron chi connectivity index (χ0n) is 17.6. The van der Waals surface area contributed by atoms with E-state index in [9.17, 15) is 0 Å². The number of furan rings is 1. The molecule has 2 N–H and O–H groups in total. The molecule has 0 aliphatic heterocycles. The van der Waals surface area contributed by atoms with E-state index in [0.29, 0.717) is 0 Å². The third-order valence-electron chi connectivity index (χ3n) is 4.07. The molecule has 0 unspecified atom stereocenters. The third kappa shape index (κ3) is 8.53. The number of nitrogens with one attached hydrogen (secondary N) is 2. The normalized spacial score (nSPS) is 11.2. The van der Waals surface area contributed by atoms with Crippen LogP contribution in [0.1, 0.15) is 17.2 Å². The first kappa shape index (κ1) is 24.2. The highest BCUT2D eigenvalue weighted by molar-refractivity contribution is 7.98. The SMILES string of the molecule is CN(C)Cc1ccc(CSCCNc2nsnc2NCCSCc2ncccc2Cl)o1. The Hall–Kier alpha value is -1.46. The summed E-state index contributed by atoms with van der Waals surface area (Å²) in [6.45, 7) is 2.45. The molecule has 168 valence electrons. The number of pyridine rings is 1. The van der Waals surface area contributed by atoms with Crippen molar-refractivity contribution in [2.45, 2.75) is 18.1 Å². The maximum absolute atomic E-state index is 6.14. The standard InChI is InChI=1S/C20H27ClN6OS3/c1-27(2)12-15-5-6-16(28-15)13-29-10-8-23-19-20(26-31-25-19)24-9-11-30-14-18-17(21)4-3-7-22-18/h3-7H,8-14H2,1-2H3,(H,23,25)(H,24,26). The van der Waals surface area contributed by atoms with Crippen LogP contribution in [0.2, 0.25) is 5.02 Å². The molecule has 3 heterocycles. The van der Waals surface area contributed by atoms with Gasteiger partial charge in [0.1, 0.15) is 11.5 Å². The highest BCUT2D eigenvalue weighted by Gasteiger charge is 2.08. The van der Waals surface area contributed by atoms with Crippen molar-refractivity contribution in [2.75, 3.05) is 49.3 Å². The Morgan fingerprint density at radius 1 is 1.00 bits per heavy atom. The van der Waals surface area contributed by atoms with Crippen LogP contribution in [-0.4, -0.2) is 57.3 Å². The molecule has 0 saturated heterocycles. The van der Waals surface area contributed by atoms with Gasteiger partial charge >= 0.3 is 0 Å². The molecule has 0 aliphatic rings. The molecule has 0 aliphatic carbocycles. The average Bonchev–Trinajstić information content (AvgIpc) is 3.37. The fraction of sp³-hybridized carbons (Fsp3) is 0.450. The fourth-order valence-corrected chi connectivity index (χ4v) is 5.00. The molecule has 0 saturated carbocycles. The number of rotatable bonds is 14. The van der Waals surface area contributed by atoms with Gasteiger partial charge in [0.05, 0.1) is 34.7 Å². The maximum atomic E-state index is 6.14. The second kappa shape index (κ2) is 13.2. The minimum atomic E-state index is 0.720. The molecule has 3 rings (SSSR count). The molecule has 0 atom stereocenters. The summed E-state index contributed by atoms with van der Waals surface area (Å²) < 4.78 is 14.5. The summed E-state index contributed by atoms with van der Waals surface area (Å²) in [7, 11) is 4.08. The number of hydrogen-bond acceptors (Lipinski definition) is 10. The summed E-state index contributed by atoms with van der Waals surface area (Å²) in [4.78, 5) is 6.41. The smallest absolute Gasteiger partial charge is 0.184 e. The van der Waals surface area contributed by atoms with Gasteiger partial charge in [-0.3, -0.25) is 4.98 Å². The lowest BCUT2D eigenvalue weighted by Crippen LogP contribution is -2.10. The van der Waals surface area contributed by atoms with E-state index in [0.717, 1.165) is 76.5 Å². The Balaban J connectivity index is 1.28. The summed E-state index contributed by atoms with van der Waals surface area (Å²) in [6, 6.07) is 7.83. The van der Waals surface area contributed by atoms with Crippen molar-refractivity contribution in [1.82, 2.24) is 18.6 Å². The van der Waals surface area contributed by atoms with Gasteiger partial charge < -0.3 is 20.0 Å². The maximum Gasteiger partial charge on any atom is 0.184 e. The molecular weight excluding hydrogens is 472 g/mol. The molecule has 0 radical (unpaired) electrons. The molecule has 3 aromatic heterocycles. The van der Waals surface area contributed by atoms with Gasteiger partial charge in [-0.1, -0.05) is 11.6 Å². The molecule has 0 amide bonds. The molecule has 3 aromatic rings. The summed E-state index contributed by atoms with van der Waals surface area (Å²) in [6.07, 6.45) is 1.77. The van der Waals surface area contributed by atoms with Crippen molar-refractivity contribution in [3.63, 3.8) is 0 Å². The van der Waals surface area contributed by atoms with E-state index >= 15 is 0 Å². The minimum absolute atomic E-state index is 0.720. The predicted molar refractivity (Wildman–Crippen MR) is 135 cm³/mol. The summed E-state index contributed by atoms with van der Waals surface area (Å²) in [5.74, 6) is 7.20. The molecule has 31 heavy (non-hydrogen) atoms. The average molecular weight is 499 g/mol. The third-order valence-corrected chi connectivity index (χ3v) is 6.90. The van der Waals surface area contributed by atoms with E-state index in [1.807, 2.05) is 38.0 Å². The first-order valence-corrected chi connectivity index (χ1v) is 13.3. The van der Waals surface area contributed by atoms with Crippen molar-refractivity contribution in [3.8, 4) is 0 Å². The molecule has 7 nitrogen and oxygen atoms in total. The lowest BCUT2D eigenvalue weighted by Gasteiger charge is -2.07. The van der Waals surface area contributed by atoms with E-state index in [4.69, 9.17) is 16.0 Å². The Morgan fingerprint density at radius 3 is 2.35 bits per heavy atom. The summed E-state index contributed by atoms with van der Waals surface area (Å²) >= 11 is 11.0. The van der Waals surface area contributed by atoms with Gasteiger partial charge in [0.25, 0.3) is 0 Å². The highest BCUT2D eigenvalue weighted by Crippen LogP contribution is 2.21. The largest absolute Gasteiger partial charge is 0.464 e. The van der Waals surface area contributed by atoms with Crippen LogP contribution in [0.3, 0.4) is 0 Å². The van der Waals surface area contributed by atoms with Gasteiger partial charge in [0.15, 0.2) is 11.6 Å². The van der Waals surface area contributed by atoms with Gasteiger partial charge in [-0.15, -0.1) is 0 Å². The second-order valence-electron chi connectivity index (χ2n) is 6.96. The van der Waals surface area contributed by atoms with Crippen molar-refractivity contribution in [1.29, 1.82) is 0 Å². The topological polar surface area (TPSA) is 79.1 Å². The van der Waals surface area contributed by atoms with E-state index in [1.165, 1.54) is 11.7 Å². The molecule has 0 aromatic carbocycles. The van der Waals surface area contributed by atoms with Gasteiger partial charge in [0.2, 0.25) is 0 Å². The van der Waals surface area contributed by atoms with Gasteiger partial charge in [-0.05, 0) is 38.4 Å². The molecule has 0 bridgehead atoms. The Morgan fingerprint density at radius 2 is 1.68 bits per heavy atom. The number of hydrogen-bond donors (Lipinski definition) is 2. The van der Waals surface area contributed by atoms with Crippen molar-refractivity contribution in [3.05, 3.63) is 52.7 Å². The monoisotopic (exact) mass is 498 g/mol. The van der Waals surface area contributed by atoms with Crippen LogP contribution >= 0.6 is 46.9 Å². The molecule has 0 fully saturated rings. The van der Waals surface area contributed by atoms with Crippen LogP contribution in [0.25, 0.3) is 0 Å². The van der Waals surface area contributed by atoms with E-state index in [1.54, 1.807) is 18.0 Å². The zero-order valence-corrected chi connectivity index (χ0v) is 20.8. The fourth-order valence-electron chi connectivity index (χ4n) is 2.67. The van der Waals surface area contributed by atoms with Crippen molar-refractivity contribution < 1.29 is 4.42 Å². The number of nitrogens with zero attached hydrogens (tertiary/aromatic N) is 4. The van der Waals surface area contributed by atoms with Gasteiger partial charge in [-0.2, -0.15) is 32.3 Å². The first-order chi connectivity index (χ1) is 15.1. The van der Waals surface area contributed by atoms with Crippen LogP contribution in [0.5, 0.6) is 0 Å². The number of thioether (sulfide) groups is 2. The highest BCUT2D eigenvalue weighted by atomic mass is 35.5. The number of anilines is 2. The predicted octanol–water partition coefficient (Wildman–Crippen LogP) is 4.93. The quantitative estimate of drug-likeness (QED) is 0.300. The minimum Gasteiger partial charge on any atom is -0.464 e. The lowest BCUT2D eigenvalue weighted by atomic mass is 10.4. The molecule has 0 spiro atoms. The van der Waals surface area contributed by atoms with E-state index in [2.05, 4.69) is 41.4 Å². The van der Waals surface area contributed by atoms with E-state index in [-0.39, 0.29) is 0 Å². The second-order valence-corrected chi connectivity index (χ2v) is 10.1. The van der Waals surface area contributed by atoms with Crippen molar-refractivity contribution in [2.24, 2.45) is 0 Å². The molecular formula is C20H27ClN6OS3. The molecule has 11 heteroatoms.